The van der Waals surface area contributed by atoms with Gasteiger partial charge in [-0.3, -0.25) is 4.55 Å². The molecule has 7 nitrogen and oxygen atoms in total. The van der Waals surface area contributed by atoms with Gasteiger partial charge >= 0.3 is 20.4 Å². The number of hydrogen-bond donors (Lipinski definition) is 3. The number of anilines is 2. The third-order valence-electron chi connectivity index (χ3n) is 11.0. The zero-order valence-electron chi connectivity index (χ0n) is 38.6. The second kappa shape index (κ2) is 27.2. The second-order valence-electron chi connectivity index (χ2n) is 16.9. The van der Waals surface area contributed by atoms with Crippen molar-refractivity contribution in [3.8, 4) is 44.9 Å². The van der Waals surface area contributed by atoms with Crippen LogP contribution in [0.15, 0.2) is 140 Å². The smallest absolute Gasteiger partial charge is 0.490 e. The molecule has 0 unspecified atom stereocenters. The number of rotatable bonds is 10. The van der Waals surface area contributed by atoms with Crippen molar-refractivity contribution < 1.29 is 42.9 Å². The molecule has 348 valence electrons. The SMILES string of the molecule is CC(C)Oc1cccc(OC(C)C)c1-c1ccccc1P(C1CCCCC1)C1CCCCC1.CS(=O)(=O)O.Nc1ccccc1-c1[c-]cccc1.Nc1ccccc1-c1[c-]cccc1.[Pd+2]. The van der Waals surface area contributed by atoms with Crippen LogP contribution in [-0.2, 0) is 30.5 Å². The molecule has 0 amide bonds. The molecular weight excluding hydrogens is 938 g/mol. The summed E-state index contributed by atoms with van der Waals surface area (Å²) in [5, 5.41) is 1.60. The molecule has 0 bridgehead atoms. The molecule has 2 aliphatic rings. The molecular formula is C55H67N2O5PPdS. The van der Waals surface area contributed by atoms with Crippen LogP contribution in [0.25, 0.3) is 33.4 Å². The first-order valence-electron chi connectivity index (χ1n) is 22.7. The largest absolute Gasteiger partial charge is 2.00 e. The molecule has 6 aromatic carbocycles. The van der Waals surface area contributed by atoms with E-state index in [0.29, 0.717) is 6.26 Å². The van der Waals surface area contributed by atoms with Crippen molar-refractivity contribution in [3.05, 3.63) is 152 Å². The van der Waals surface area contributed by atoms with Gasteiger partial charge in [0, 0.05) is 0 Å². The van der Waals surface area contributed by atoms with E-state index in [1.807, 2.05) is 97.1 Å². The van der Waals surface area contributed by atoms with Gasteiger partial charge in [0.25, 0.3) is 10.1 Å². The Kier molecular flexibility index (Phi) is 22.3. The molecule has 0 spiro atoms. The van der Waals surface area contributed by atoms with Gasteiger partial charge in [-0.2, -0.15) is 8.42 Å². The summed E-state index contributed by atoms with van der Waals surface area (Å²) in [6.07, 6.45) is 15.1. The molecule has 6 aromatic rings. The molecule has 10 heteroatoms. The molecule has 65 heavy (non-hydrogen) atoms. The van der Waals surface area contributed by atoms with Gasteiger partial charge in [0.05, 0.1) is 24.0 Å². The summed E-state index contributed by atoms with van der Waals surface area (Å²) in [7, 11) is -3.88. The quantitative estimate of drug-likeness (QED) is 0.0410. The van der Waals surface area contributed by atoms with Crippen molar-refractivity contribution in [1.29, 1.82) is 0 Å². The number of benzene rings is 6. The van der Waals surface area contributed by atoms with E-state index >= 15 is 0 Å². The normalized spacial score (nSPS) is 14.1. The van der Waals surface area contributed by atoms with Crippen LogP contribution in [0.4, 0.5) is 11.4 Å². The Morgan fingerprint density at radius 2 is 0.923 bits per heavy atom. The number of para-hydroxylation sites is 2. The maximum Gasteiger partial charge on any atom is 2.00 e. The zero-order chi connectivity index (χ0) is 45.9. The second-order valence-corrected chi connectivity index (χ2v) is 21.2. The standard InChI is InChI=1S/C30H43O2P.2C12H10N.CH4O3S.Pd/c1-22(2)31-27-19-13-20-28(32-23(3)4)30(27)26-18-11-12-21-29(26)33(24-14-7-5-8-15-24)25-16-9-6-10-17-25;2*13-12-9-5-4-8-11(12)10-6-2-1-3-7-10;1-5(2,3)4;/h11-13,18-25H,5-10,14-17H2,1-4H3;2*1-6,8-9H,13H2;1H3,(H,2,3,4);/q;2*-1;;+2. The minimum Gasteiger partial charge on any atom is -0.490 e. The molecule has 0 heterocycles. The van der Waals surface area contributed by atoms with Crippen molar-refractivity contribution in [2.24, 2.45) is 0 Å². The van der Waals surface area contributed by atoms with E-state index in [1.54, 1.807) is 5.30 Å². The summed E-state index contributed by atoms with van der Waals surface area (Å²) in [5.41, 5.74) is 21.7. The fourth-order valence-electron chi connectivity index (χ4n) is 8.41. The van der Waals surface area contributed by atoms with Gasteiger partial charge in [-0.05, 0) is 111 Å². The average molecular weight is 1010 g/mol. The predicted molar refractivity (Wildman–Crippen MR) is 271 cm³/mol. The predicted octanol–water partition coefficient (Wildman–Crippen LogP) is 13.7. The number of nitrogens with two attached hydrogens (primary N) is 2. The van der Waals surface area contributed by atoms with E-state index in [-0.39, 0.29) is 40.6 Å². The van der Waals surface area contributed by atoms with E-state index in [0.717, 1.165) is 62.0 Å². The Bertz CT molecular complexity index is 2270. The molecule has 0 aliphatic heterocycles. The van der Waals surface area contributed by atoms with Crippen molar-refractivity contribution >= 4 is 34.7 Å². The summed E-state index contributed by atoms with van der Waals surface area (Å²) in [4.78, 5) is 0. The molecule has 2 aliphatic carbocycles. The van der Waals surface area contributed by atoms with E-state index in [2.05, 4.69) is 82.3 Å². The number of nitrogen functional groups attached to an aromatic ring is 2. The molecule has 5 N–H and O–H groups in total. The Morgan fingerprint density at radius 1 is 0.554 bits per heavy atom. The molecule has 8 rings (SSSR count). The van der Waals surface area contributed by atoms with Crippen LogP contribution < -0.4 is 26.2 Å². The summed E-state index contributed by atoms with van der Waals surface area (Å²) in [6.45, 7) is 8.45. The van der Waals surface area contributed by atoms with Gasteiger partial charge in [0.15, 0.2) is 0 Å². The van der Waals surface area contributed by atoms with Crippen molar-refractivity contribution in [1.82, 2.24) is 0 Å². The van der Waals surface area contributed by atoms with Crippen LogP contribution in [0.3, 0.4) is 0 Å². The van der Waals surface area contributed by atoms with Gasteiger partial charge in [0.1, 0.15) is 11.5 Å². The van der Waals surface area contributed by atoms with Gasteiger partial charge in [-0.1, -0.05) is 124 Å². The maximum absolute atomic E-state index is 9.19. The van der Waals surface area contributed by atoms with Crippen LogP contribution in [-0.4, -0.2) is 42.8 Å². The van der Waals surface area contributed by atoms with Gasteiger partial charge in [-0.15, -0.1) is 71.8 Å². The number of ether oxygens (including phenoxy) is 2. The Labute approximate surface area is 404 Å². The van der Waals surface area contributed by atoms with E-state index in [1.165, 1.54) is 69.8 Å². The molecule has 0 saturated heterocycles. The summed E-state index contributed by atoms with van der Waals surface area (Å²) < 4.78 is 38.6. The monoisotopic (exact) mass is 1000 g/mol. The first-order chi connectivity index (χ1) is 30.8. The summed E-state index contributed by atoms with van der Waals surface area (Å²) in [5.74, 6) is 1.91. The van der Waals surface area contributed by atoms with Crippen molar-refractivity contribution in [2.45, 2.75) is 115 Å². The van der Waals surface area contributed by atoms with Crippen molar-refractivity contribution in [2.75, 3.05) is 17.7 Å². The summed E-state index contributed by atoms with van der Waals surface area (Å²) in [6, 6.07) is 53.2. The Morgan fingerprint density at radius 3 is 1.29 bits per heavy atom. The van der Waals surface area contributed by atoms with Crippen LogP contribution in [0, 0.1) is 12.1 Å². The van der Waals surface area contributed by atoms with Crippen LogP contribution in [0.1, 0.15) is 91.9 Å². The fraction of sp³-hybridized carbons (Fsp3) is 0.345. The molecule has 0 atom stereocenters. The minimum atomic E-state index is -3.67. The molecule has 0 aromatic heterocycles. The number of hydrogen-bond acceptors (Lipinski definition) is 6. The Balaban J connectivity index is 0.000000235. The van der Waals surface area contributed by atoms with E-state index in [4.69, 9.17) is 25.5 Å². The first kappa shape index (κ1) is 53.1. The van der Waals surface area contributed by atoms with Crippen LogP contribution in [0.5, 0.6) is 11.5 Å². The topological polar surface area (TPSA) is 125 Å². The first-order valence-corrected chi connectivity index (χ1v) is 26.0. The summed E-state index contributed by atoms with van der Waals surface area (Å²) >= 11 is 0. The molecule has 2 fully saturated rings. The minimum absolute atomic E-state index is 0. The Hall–Kier alpha value is -4.48. The third-order valence-corrected chi connectivity index (χ3v) is 14.6. The van der Waals surface area contributed by atoms with Crippen molar-refractivity contribution in [3.63, 3.8) is 0 Å². The van der Waals surface area contributed by atoms with Gasteiger partial charge in [-0.25, -0.2) is 0 Å². The fourth-order valence-corrected chi connectivity index (χ4v) is 12.4. The molecule has 0 radical (unpaired) electrons. The molecule has 2 saturated carbocycles. The maximum atomic E-state index is 9.19. The van der Waals surface area contributed by atoms with Gasteiger partial charge < -0.3 is 20.9 Å². The van der Waals surface area contributed by atoms with Crippen LogP contribution in [0.2, 0.25) is 0 Å². The third kappa shape index (κ3) is 17.4. The van der Waals surface area contributed by atoms with Gasteiger partial charge in [0.2, 0.25) is 0 Å². The average Bonchev–Trinajstić information content (AvgIpc) is 3.28. The van der Waals surface area contributed by atoms with Crippen LogP contribution >= 0.6 is 7.92 Å². The zero-order valence-corrected chi connectivity index (χ0v) is 41.8. The van der Waals surface area contributed by atoms with E-state index in [9.17, 15) is 8.42 Å². The van der Waals surface area contributed by atoms with E-state index < -0.39 is 10.1 Å².